The summed E-state index contributed by atoms with van der Waals surface area (Å²) in [6, 6.07) is 13.1. The predicted octanol–water partition coefficient (Wildman–Crippen LogP) is 3.60. The number of hydrogen-bond acceptors (Lipinski definition) is 2. The molecule has 2 unspecified atom stereocenters. The maximum atomic E-state index is 3.93. The lowest BCUT2D eigenvalue weighted by molar-refractivity contribution is 0.306. The highest BCUT2D eigenvalue weighted by atomic mass is 15.2. The summed E-state index contributed by atoms with van der Waals surface area (Å²) in [5.74, 6) is 0.730. The van der Waals surface area contributed by atoms with Crippen molar-refractivity contribution in [1.82, 2.24) is 10.2 Å². The first kappa shape index (κ1) is 14.1. The van der Waals surface area contributed by atoms with Crippen molar-refractivity contribution in [2.24, 2.45) is 5.92 Å². The first-order valence-electron chi connectivity index (χ1n) is 8.27. The molecule has 2 nitrogen and oxygen atoms in total. The Morgan fingerprint density at radius 3 is 2.55 bits per heavy atom. The second-order valence-corrected chi connectivity index (χ2v) is 6.97. The fourth-order valence-corrected chi connectivity index (χ4v) is 3.44. The minimum absolute atomic E-state index is 0.514. The number of rotatable bonds is 6. The molecule has 0 aromatic heterocycles. The fraction of sp³-hybridized carbons (Fsp3) is 0.667. The molecule has 0 spiro atoms. The van der Waals surface area contributed by atoms with Gasteiger partial charge in [-0.25, -0.2) is 0 Å². The van der Waals surface area contributed by atoms with Crippen LogP contribution in [0.5, 0.6) is 0 Å². The van der Waals surface area contributed by atoms with E-state index in [0.29, 0.717) is 12.1 Å². The number of likely N-dealkylation sites (tertiary alicyclic amines) is 1. The van der Waals surface area contributed by atoms with Crippen LogP contribution in [-0.4, -0.2) is 30.1 Å². The van der Waals surface area contributed by atoms with Gasteiger partial charge < -0.3 is 5.32 Å². The van der Waals surface area contributed by atoms with Gasteiger partial charge in [0.2, 0.25) is 0 Å². The Kier molecular flexibility index (Phi) is 4.42. The predicted molar refractivity (Wildman–Crippen MR) is 84.8 cm³/mol. The average molecular weight is 272 g/mol. The summed E-state index contributed by atoms with van der Waals surface area (Å²) in [7, 11) is 0. The third-order valence-corrected chi connectivity index (χ3v) is 4.63. The van der Waals surface area contributed by atoms with Crippen LogP contribution in [0.4, 0.5) is 0 Å². The van der Waals surface area contributed by atoms with Crippen LogP contribution in [0.2, 0.25) is 0 Å². The molecule has 2 aliphatic rings. The van der Waals surface area contributed by atoms with E-state index < -0.39 is 0 Å². The van der Waals surface area contributed by atoms with E-state index in [1.165, 1.54) is 44.3 Å². The number of nitrogens with zero attached hydrogens (tertiary/aromatic N) is 1. The lowest BCUT2D eigenvalue weighted by atomic mass is 9.96. The second-order valence-electron chi connectivity index (χ2n) is 6.97. The first-order chi connectivity index (χ1) is 9.72. The largest absolute Gasteiger partial charge is 0.306 e. The molecule has 1 N–H and O–H groups in total. The zero-order valence-electron chi connectivity index (χ0n) is 12.9. The van der Waals surface area contributed by atoms with Crippen molar-refractivity contribution in [2.75, 3.05) is 13.1 Å². The normalized spacial score (nSPS) is 25.2. The summed E-state index contributed by atoms with van der Waals surface area (Å²) in [6.07, 6.45) is 5.41. The van der Waals surface area contributed by atoms with Gasteiger partial charge in [0.25, 0.3) is 0 Å². The molecule has 110 valence electrons. The Morgan fingerprint density at radius 1 is 1.15 bits per heavy atom. The molecule has 1 saturated carbocycles. The van der Waals surface area contributed by atoms with Crippen LogP contribution in [0.1, 0.15) is 51.1 Å². The molecule has 2 atom stereocenters. The van der Waals surface area contributed by atoms with Crippen molar-refractivity contribution >= 4 is 0 Å². The average Bonchev–Trinajstić information content (AvgIpc) is 3.19. The molecule has 1 aliphatic carbocycles. The van der Waals surface area contributed by atoms with Gasteiger partial charge in [-0.05, 0) is 37.2 Å². The van der Waals surface area contributed by atoms with E-state index in [9.17, 15) is 0 Å². The van der Waals surface area contributed by atoms with Crippen LogP contribution >= 0.6 is 0 Å². The Bertz CT molecular complexity index is 411. The maximum Gasteiger partial charge on any atom is 0.0325 e. The van der Waals surface area contributed by atoms with Crippen LogP contribution in [0, 0.1) is 5.92 Å². The van der Waals surface area contributed by atoms with E-state index in [1.807, 2.05) is 0 Å². The molecule has 1 aromatic rings. The SMILES string of the molecule is CC(C)CC(NC1CCN(C2CC2)C1)c1ccccc1. The van der Waals surface area contributed by atoms with E-state index in [-0.39, 0.29) is 0 Å². The number of hydrogen-bond donors (Lipinski definition) is 1. The molecule has 2 heteroatoms. The lowest BCUT2D eigenvalue weighted by Crippen LogP contribution is -2.36. The van der Waals surface area contributed by atoms with E-state index in [4.69, 9.17) is 0 Å². The van der Waals surface area contributed by atoms with Gasteiger partial charge >= 0.3 is 0 Å². The highest BCUT2D eigenvalue weighted by Gasteiger charge is 2.34. The van der Waals surface area contributed by atoms with Crippen molar-refractivity contribution in [1.29, 1.82) is 0 Å². The zero-order chi connectivity index (χ0) is 13.9. The van der Waals surface area contributed by atoms with Crippen molar-refractivity contribution in [3.05, 3.63) is 35.9 Å². The molecule has 0 radical (unpaired) electrons. The fourth-order valence-electron chi connectivity index (χ4n) is 3.44. The summed E-state index contributed by atoms with van der Waals surface area (Å²) in [5, 5.41) is 3.93. The summed E-state index contributed by atoms with van der Waals surface area (Å²) < 4.78 is 0. The van der Waals surface area contributed by atoms with Crippen molar-refractivity contribution < 1.29 is 0 Å². The van der Waals surface area contributed by atoms with Gasteiger partial charge in [0.15, 0.2) is 0 Å². The first-order valence-corrected chi connectivity index (χ1v) is 8.27. The molecule has 1 aliphatic heterocycles. The summed E-state index contributed by atoms with van der Waals surface area (Å²) in [5.41, 5.74) is 1.45. The summed E-state index contributed by atoms with van der Waals surface area (Å²) >= 11 is 0. The lowest BCUT2D eigenvalue weighted by Gasteiger charge is -2.25. The van der Waals surface area contributed by atoms with Crippen LogP contribution < -0.4 is 5.32 Å². The Morgan fingerprint density at radius 2 is 1.90 bits per heavy atom. The molecule has 0 amide bonds. The molecule has 1 saturated heterocycles. The summed E-state index contributed by atoms with van der Waals surface area (Å²) in [6.45, 7) is 7.20. The molecule has 20 heavy (non-hydrogen) atoms. The van der Waals surface area contributed by atoms with Gasteiger partial charge in [0, 0.05) is 31.2 Å². The minimum atomic E-state index is 0.514. The van der Waals surface area contributed by atoms with Crippen molar-refractivity contribution in [3.8, 4) is 0 Å². The second kappa shape index (κ2) is 6.28. The van der Waals surface area contributed by atoms with Gasteiger partial charge in [-0.15, -0.1) is 0 Å². The number of benzene rings is 1. The van der Waals surface area contributed by atoms with Crippen LogP contribution in [0.3, 0.4) is 0 Å². The monoisotopic (exact) mass is 272 g/mol. The standard InChI is InChI=1S/C18H28N2/c1-14(2)12-18(15-6-4-3-5-7-15)19-16-10-11-20(13-16)17-8-9-17/h3-7,14,16-19H,8-13H2,1-2H3. The van der Waals surface area contributed by atoms with E-state index >= 15 is 0 Å². The number of nitrogens with one attached hydrogen (secondary N) is 1. The van der Waals surface area contributed by atoms with Gasteiger partial charge in [-0.3, -0.25) is 4.90 Å². The third-order valence-electron chi connectivity index (χ3n) is 4.63. The van der Waals surface area contributed by atoms with Crippen LogP contribution in [-0.2, 0) is 0 Å². The Hall–Kier alpha value is -0.860. The molecule has 2 fully saturated rings. The molecular weight excluding hydrogens is 244 g/mol. The van der Waals surface area contributed by atoms with Crippen molar-refractivity contribution in [3.63, 3.8) is 0 Å². The van der Waals surface area contributed by atoms with E-state index in [0.717, 1.165) is 12.0 Å². The molecular formula is C18H28N2. The minimum Gasteiger partial charge on any atom is -0.306 e. The van der Waals surface area contributed by atoms with E-state index in [2.05, 4.69) is 54.4 Å². The topological polar surface area (TPSA) is 15.3 Å². The Balaban J connectivity index is 1.61. The summed E-state index contributed by atoms with van der Waals surface area (Å²) in [4.78, 5) is 2.69. The third kappa shape index (κ3) is 3.62. The van der Waals surface area contributed by atoms with Gasteiger partial charge in [0.05, 0.1) is 0 Å². The van der Waals surface area contributed by atoms with E-state index in [1.54, 1.807) is 0 Å². The molecule has 1 heterocycles. The zero-order valence-corrected chi connectivity index (χ0v) is 12.9. The Labute approximate surface area is 123 Å². The molecule has 3 rings (SSSR count). The van der Waals surface area contributed by atoms with Gasteiger partial charge in [0.1, 0.15) is 0 Å². The molecule has 0 bridgehead atoms. The van der Waals surface area contributed by atoms with Crippen molar-refractivity contribution in [2.45, 2.75) is 57.7 Å². The van der Waals surface area contributed by atoms with Gasteiger partial charge in [-0.2, -0.15) is 0 Å². The highest BCUT2D eigenvalue weighted by Crippen LogP contribution is 2.31. The van der Waals surface area contributed by atoms with Crippen LogP contribution in [0.15, 0.2) is 30.3 Å². The molecule has 1 aromatic carbocycles. The van der Waals surface area contributed by atoms with Crippen LogP contribution in [0.25, 0.3) is 0 Å². The highest BCUT2D eigenvalue weighted by molar-refractivity contribution is 5.19. The maximum absolute atomic E-state index is 3.93. The van der Waals surface area contributed by atoms with Gasteiger partial charge in [-0.1, -0.05) is 44.2 Å². The smallest absolute Gasteiger partial charge is 0.0325 e. The quantitative estimate of drug-likeness (QED) is 0.851.